The molecule has 0 aliphatic carbocycles. The summed E-state index contributed by atoms with van der Waals surface area (Å²) in [5.41, 5.74) is 11.5. The van der Waals surface area contributed by atoms with E-state index in [1.54, 1.807) is 12.1 Å². The maximum Gasteiger partial charge on any atom is 0.258 e. The van der Waals surface area contributed by atoms with Crippen molar-refractivity contribution in [2.75, 3.05) is 18.0 Å². The molecule has 4 N–H and O–H groups in total. The molecule has 1 amide bonds. The monoisotopic (exact) mass is 431 g/mol. The largest absolute Gasteiger partial charge is 0.507 e. The van der Waals surface area contributed by atoms with Crippen molar-refractivity contribution in [3.05, 3.63) is 71.8 Å². The number of rotatable bonds is 7. The summed E-state index contributed by atoms with van der Waals surface area (Å²) < 4.78 is 0. The summed E-state index contributed by atoms with van der Waals surface area (Å²) in [4.78, 5) is 14.7. The van der Waals surface area contributed by atoms with Gasteiger partial charge in [0.05, 0.1) is 6.21 Å². The molecule has 3 aromatic carbocycles. The van der Waals surface area contributed by atoms with Crippen LogP contribution in [0.15, 0.2) is 65.8 Å². The third kappa shape index (κ3) is 4.74. The number of hydrazone groups is 1. The van der Waals surface area contributed by atoms with Crippen molar-refractivity contribution in [1.82, 2.24) is 16.3 Å². The molecule has 0 bridgehead atoms. The fourth-order valence-electron chi connectivity index (χ4n) is 4.04. The van der Waals surface area contributed by atoms with Crippen LogP contribution in [-0.4, -0.2) is 36.4 Å². The van der Waals surface area contributed by atoms with E-state index in [0.29, 0.717) is 12.0 Å². The maximum atomic E-state index is 12.5. The highest BCUT2D eigenvalue weighted by Crippen LogP contribution is 2.26. The van der Waals surface area contributed by atoms with Crippen LogP contribution >= 0.6 is 0 Å². The van der Waals surface area contributed by atoms with Crippen molar-refractivity contribution in [2.45, 2.75) is 32.4 Å². The molecule has 0 aromatic heterocycles. The molecule has 7 heteroatoms. The number of phenols is 1. The van der Waals surface area contributed by atoms with Gasteiger partial charge in [-0.2, -0.15) is 5.10 Å². The highest BCUT2D eigenvalue weighted by atomic mass is 16.3. The lowest BCUT2D eigenvalue weighted by molar-refractivity contribution is -0.122. The van der Waals surface area contributed by atoms with Crippen molar-refractivity contribution in [3.8, 4) is 5.75 Å². The molecular weight excluding hydrogens is 402 g/mol. The number of aromatic hydroxyl groups is 1. The molecule has 7 nitrogen and oxygen atoms in total. The van der Waals surface area contributed by atoms with Crippen molar-refractivity contribution >= 4 is 28.6 Å². The van der Waals surface area contributed by atoms with Crippen LogP contribution in [0.2, 0.25) is 0 Å². The van der Waals surface area contributed by atoms with Crippen molar-refractivity contribution < 1.29 is 9.90 Å². The fraction of sp³-hybridized carbons (Fsp3) is 0.280. The summed E-state index contributed by atoms with van der Waals surface area (Å²) in [6.07, 6.45) is 2.08. The molecule has 0 saturated carbocycles. The second-order valence-corrected chi connectivity index (χ2v) is 7.89. The van der Waals surface area contributed by atoms with E-state index < -0.39 is 6.04 Å². The number of hydrogen-bond donors (Lipinski definition) is 4. The summed E-state index contributed by atoms with van der Waals surface area (Å²) in [6, 6.07) is 19.6. The number of phenolic OH excluding ortho intramolecular Hbond substituents is 1. The van der Waals surface area contributed by atoms with Crippen molar-refractivity contribution in [1.29, 1.82) is 0 Å². The standard InChI is InChI=1S/C25H29N5O2/c1-3-30(4-2)21-12-11-20(24(31)14-21)16-26-29-25(32)23-15-22(27-28-23)19-10-9-17-7-5-6-8-18(17)13-19/h5-14,16,22-23,27-28,31H,3-4,15H2,1-2H3,(H,29,32)/b26-16+. The number of hydrogen-bond acceptors (Lipinski definition) is 6. The fourth-order valence-corrected chi connectivity index (χ4v) is 4.04. The van der Waals surface area contributed by atoms with Gasteiger partial charge in [-0.3, -0.25) is 4.79 Å². The van der Waals surface area contributed by atoms with Crippen LogP contribution in [0.3, 0.4) is 0 Å². The van der Waals surface area contributed by atoms with Crippen LogP contribution in [0.4, 0.5) is 5.69 Å². The molecule has 32 heavy (non-hydrogen) atoms. The first-order valence-electron chi connectivity index (χ1n) is 11.0. The molecule has 166 valence electrons. The van der Waals surface area contributed by atoms with Gasteiger partial charge in [-0.15, -0.1) is 0 Å². The molecule has 1 heterocycles. The first-order chi connectivity index (χ1) is 15.6. The van der Waals surface area contributed by atoms with Gasteiger partial charge in [0, 0.05) is 36.4 Å². The Kier molecular flexibility index (Phi) is 6.68. The van der Waals surface area contributed by atoms with Crippen LogP contribution in [-0.2, 0) is 4.79 Å². The molecule has 4 rings (SSSR count). The van der Waals surface area contributed by atoms with Crippen LogP contribution in [0, 0.1) is 0 Å². The van der Waals surface area contributed by atoms with E-state index in [2.05, 4.69) is 70.5 Å². The summed E-state index contributed by atoms with van der Waals surface area (Å²) >= 11 is 0. The minimum atomic E-state index is -0.401. The quantitative estimate of drug-likeness (QED) is 0.340. The molecule has 1 saturated heterocycles. The zero-order valence-corrected chi connectivity index (χ0v) is 18.4. The van der Waals surface area contributed by atoms with Gasteiger partial charge >= 0.3 is 0 Å². The Hall–Kier alpha value is -3.42. The van der Waals surface area contributed by atoms with Gasteiger partial charge in [0.15, 0.2) is 0 Å². The Bertz CT molecular complexity index is 1130. The molecule has 1 aliphatic heterocycles. The van der Waals surface area contributed by atoms with Crippen LogP contribution in [0.25, 0.3) is 10.8 Å². The normalized spacial score (nSPS) is 18.3. The average molecular weight is 432 g/mol. The Morgan fingerprint density at radius 2 is 1.88 bits per heavy atom. The topological polar surface area (TPSA) is 89.0 Å². The van der Waals surface area contributed by atoms with Gasteiger partial charge in [0.2, 0.25) is 0 Å². The highest BCUT2D eigenvalue weighted by Gasteiger charge is 2.30. The predicted molar refractivity (Wildman–Crippen MR) is 129 cm³/mol. The van der Waals surface area contributed by atoms with Gasteiger partial charge in [0.1, 0.15) is 11.8 Å². The molecule has 1 fully saturated rings. The third-order valence-electron chi connectivity index (χ3n) is 5.92. The summed E-state index contributed by atoms with van der Waals surface area (Å²) in [7, 11) is 0. The molecule has 3 aromatic rings. The number of nitrogens with one attached hydrogen (secondary N) is 3. The number of fused-ring (bicyclic) bond motifs is 1. The van der Waals surface area contributed by atoms with Crippen molar-refractivity contribution in [2.24, 2.45) is 5.10 Å². The number of carbonyl (C=O) groups excluding carboxylic acids is 1. The number of amides is 1. The zero-order chi connectivity index (χ0) is 22.5. The summed E-state index contributed by atoms with van der Waals surface area (Å²) in [6.45, 7) is 5.87. The second kappa shape index (κ2) is 9.80. The van der Waals surface area contributed by atoms with E-state index in [-0.39, 0.29) is 17.7 Å². The molecule has 2 atom stereocenters. The van der Waals surface area contributed by atoms with Gasteiger partial charge in [0.25, 0.3) is 5.91 Å². The molecule has 0 spiro atoms. The Morgan fingerprint density at radius 1 is 1.09 bits per heavy atom. The number of benzene rings is 3. The molecular formula is C25H29N5O2. The minimum Gasteiger partial charge on any atom is -0.507 e. The predicted octanol–water partition coefficient (Wildman–Crippen LogP) is 3.45. The number of nitrogens with zero attached hydrogens (tertiary/aromatic N) is 2. The lowest BCUT2D eigenvalue weighted by Crippen LogP contribution is -2.41. The van der Waals surface area contributed by atoms with Gasteiger partial charge < -0.3 is 10.0 Å². The number of carbonyl (C=O) groups is 1. The Morgan fingerprint density at radius 3 is 2.62 bits per heavy atom. The lowest BCUT2D eigenvalue weighted by atomic mass is 9.99. The van der Waals surface area contributed by atoms with E-state index in [1.807, 2.05) is 18.2 Å². The van der Waals surface area contributed by atoms with E-state index in [1.165, 1.54) is 17.0 Å². The van der Waals surface area contributed by atoms with Crippen molar-refractivity contribution in [3.63, 3.8) is 0 Å². The third-order valence-corrected chi connectivity index (χ3v) is 5.92. The smallest absolute Gasteiger partial charge is 0.258 e. The zero-order valence-electron chi connectivity index (χ0n) is 18.4. The van der Waals surface area contributed by atoms with Crippen LogP contribution < -0.4 is 21.2 Å². The van der Waals surface area contributed by atoms with Crippen LogP contribution in [0.5, 0.6) is 5.75 Å². The summed E-state index contributed by atoms with van der Waals surface area (Å²) in [5.74, 6) is -0.0966. The number of hydrazine groups is 1. The van der Waals surface area contributed by atoms with Gasteiger partial charge in [-0.1, -0.05) is 36.4 Å². The van der Waals surface area contributed by atoms with Gasteiger partial charge in [-0.25, -0.2) is 16.3 Å². The molecule has 1 aliphatic rings. The lowest BCUT2D eigenvalue weighted by Gasteiger charge is -2.21. The van der Waals surface area contributed by atoms with E-state index in [0.717, 1.165) is 24.3 Å². The maximum absolute atomic E-state index is 12.5. The van der Waals surface area contributed by atoms with Gasteiger partial charge in [-0.05, 0) is 54.8 Å². The Labute approximate surface area is 188 Å². The second-order valence-electron chi connectivity index (χ2n) is 7.89. The van der Waals surface area contributed by atoms with E-state index in [9.17, 15) is 9.90 Å². The average Bonchev–Trinajstić information content (AvgIpc) is 3.31. The van der Waals surface area contributed by atoms with Crippen LogP contribution in [0.1, 0.15) is 37.4 Å². The first kappa shape index (κ1) is 21.8. The van der Waals surface area contributed by atoms with E-state index >= 15 is 0 Å². The number of anilines is 1. The van der Waals surface area contributed by atoms with E-state index in [4.69, 9.17) is 0 Å². The summed E-state index contributed by atoms with van der Waals surface area (Å²) in [5, 5.41) is 16.7. The highest BCUT2D eigenvalue weighted by molar-refractivity contribution is 5.87. The minimum absolute atomic E-state index is 0.0380. The first-order valence-corrected chi connectivity index (χ1v) is 11.0. The molecule has 2 unspecified atom stereocenters. The molecule has 0 radical (unpaired) electrons. The SMILES string of the molecule is CCN(CC)c1ccc(/C=N/NC(=O)C2CC(c3ccc4ccccc4c3)NN2)c(O)c1. The Balaban J connectivity index is 1.35.